The van der Waals surface area contributed by atoms with E-state index in [0.717, 1.165) is 5.57 Å². The summed E-state index contributed by atoms with van der Waals surface area (Å²) in [5.41, 5.74) is 0.780. The molecule has 12 heavy (non-hydrogen) atoms. The van der Waals surface area contributed by atoms with Crippen LogP contribution in [0.3, 0.4) is 0 Å². The number of carbonyl (C=O) groups excluding carboxylic acids is 2. The Morgan fingerprint density at radius 2 is 1.83 bits per heavy atom. The van der Waals surface area contributed by atoms with Crippen LogP contribution in [-0.2, 0) is 14.3 Å². The largest absolute Gasteiger partial charge is 0.496 e. The second kappa shape index (κ2) is 3.34. The molecule has 0 saturated carbocycles. The summed E-state index contributed by atoms with van der Waals surface area (Å²) in [6.07, 6.45) is 3.26. The predicted octanol–water partition coefficient (Wildman–Crippen LogP) is 1.00. The molecule has 1 rings (SSSR count). The van der Waals surface area contributed by atoms with Crippen LogP contribution in [0.1, 0.15) is 13.3 Å². The molecule has 3 nitrogen and oxygen atoms in total. The van der Waals surface area contributed by atoms with E-state index in [1.165, 1.54) is 19.3 Å². The van der Waals surface area contributed by atoms with Crippen molar-refractivity contribution in [2.45, 2.75) is 13.3 Å². The van der Waals surface area contributed by atoms with Crippen LogP contribution in [0, 0.1) is 0 Å². The minimum atomic E-state index is -0.510. The molecule has 64 valence electrons. The van der Waals surface area contributed by atoms with E-state index in [0.29, 0.717) is 12.2 Å². The van der Waals surface area contributed by atoms with Crippen molar-refractivity contribution < 1.29 is 14.3 Å². The van der Waals surface area contributed by atoms with Crippen LogP contribution >= 0.6 is 0 Å². The van der Waals surface area contributed by atoms with Crippen molar-refractivity contribution >= 4 is 11.6 Å². The van der Waals surface area contributed by atoms with Gasteiger partial charge in [0.2, 0.25) is 11.6 Å². The molecule has 0 heterocycles. The standard InChI is InChI=1S/C9H10O3/c1-3-6-4-7(10)8(11)5-9(6)12-2/h4-5H,3H2,1-2H3. The number of carbonyl (C=O) groups is 2. The molecule has 1 aliphatic rings. The molecule has 0 aliphatic heterocycles. The SMILES string of the molecule is CCC1=CC(=O)C(=O)C=C1OC. The summed E-state index contributed by atoms with van der Waals surface area (Å²) < 4.78 is 4.93. The molecular formula is C9H10O3. The number of ether oxygens (including phenoxy) is 1. The van der Waals surface area contributed by atoms with Crippen molar-refractivity contribution in [2.75, 3.05) is 7.11 Å². The van der Waals surface area contributed by atoms with Crippen LogP contribution in [0.15, 0.2) is 23.5 Å². The van der Waals surface area contributed by atoms with Gasteiger partial charge < -0.3 is 4.74 Å². The van der Waals surface area contributed by atoms with Crippen LogP contribution in [0.5, 0.6) is 0 Å². The minimum absolute atomic E-state index is 0.465. The lowest BCUT2D eigenvalue weighted by atomic mass is 10.0. The lowest BCUT2D eigenvalue weighted by Crippen LogP contribution is -2.15. The maximum atomic E-state index is 10.9. The van der Waals surface area contributed by atoms with E-state index in [-0.39, 0.29) is 0 Å². The first kappa shape index (κ1) is 8.71. The molecule has 0 saturated heterocycles. The Morgan fingerprint density at radius 3 is 2.33 bits per heavy atom. The van der Waals surface area contributed by atoms with Gasteiger partial charge >= 0.3 is 0 Å². The first-order valence-electron chi connectivity index (χ1n) is 3.74. The quantitative estimate of drug-likeness (QED) is 0.454. The summed E-state index contributed by atoms with van der Waals surface area (Å²) in [6, 6.07) is 0. The fourth-order valence-corrected chi connectivity index (χ4v) is 1.05. The highest BCUT2D eigenvalue weighted by molar-refractivity contribution is 6.46. The summed E-state index contributed by atoms with van der Waals surface area (Å²) in [5.74, 6) is -0.473. The monoisotopic (exact) mass is 166 g/mol. The number of hydrogen-bond acceptors (Lipinski definition) is 3. The zero-order valence-corrected chi connectivity index (χ0v) is 7.09. The number of hydrogen-bond donors (Lipinski definition) is 0. The lowest BCUT2D eigenvalue weighted by Gasteiger charge is -2.11. The van der Waals surface area contributed by atoms with E-state index in [4.69, 9.17) is 4.74 Å². The maximum absolute atomic E-state index is 10.9. The second-order valence-corrected chi connectivity index (χ2v) is 2.46. The smallest absolute Gasteiger partial charge is 0.229 e. The van der Waals surface area contributed by atoms with Crippen molar-refractivity contribution in [2.24, 2.45) is 0 Å². The van der Waals surface area contributed by atoms with Crippen molar-refractivity contribution in [1.29, 1.82) is 0 Å². The number of ketones is 2. The van der Waals surface area contributed by atoms with Crippen LogP contribution < -0.4 is 0 Å². The third-order valence-electron chi connectivity index (χ3n) is 1.73. The molecule has 0 fully saturated rings. The Morgan fingerprint density at radius 1 is 1.25 bits per heavy atom. The Kier molecular flexibility index (Phi) is 2.43. The number of rotatable bonds is 2. The van der Waals surface area contributed by atoms with E-state index in [9.17, 15) is 9.59 Å². The van der Waals surface area contributed by atoms with Crippen LogP contribution in [-0.4, -0.2) is 18.7 Å². The Bertz CT molecular complexity index is 254. The Balaban J connectivity index is 3.00. The Hall–Kier alpha value is -1.38. The van der Waals surface area contributed by atoms with Crippen molar-refractivity contribution in [3.05, 3.63) is 23.5 Å². The van der Waals surface area contributed by atoms with Gasteiger partial charge in [-0.25, -0.2) is 0 Å². The molecule has 0 aromatic rings. The molecule has 0 atom stereocenters. The number of allylic oxidation sites excluding steroid dienone is 3. The van der Waals surface area contributed by atoms with Crippen LogP contribution in [0.4, 0.5) is 0 Å². The summed E-state index contributed by atoms with van der Waals surface area (Å²) >= 11 is 0. The van der Waals surface area contributed by atoms with Gasteiger partial charge in [-0.1, -0.05) is 6.92 Å². The molecule has 0 radical (unpaired) electrons. The summed E-state index contributed by atoms with van der Waals surface area (Å²) in [4.78, 5) is 21.8. The molecule has 0 spiro atoms. The van der Waals surface area contributed by atoms with Gasteiger partial charge in [-0.2, -0.15) is 0 Å². The van der Waals surface area contributed by atoms with Crippen molar-refractivity contribution in [3.63, 3.8) is 0 Å². The van der Waals surface area contributed by atoms with E-state index in [2.05, 4.69) is 0 Å². The summed E-state index contributed by atoms with van der Waals surface area (Å²) in [6.45, 7) is 1.90. The van der Waals surface area contributed by atoms with E-state index >= 15 is 0 Å². The van der Waals surface area contributed by atoms with E-state index < -0.39 is 11.6 Å². The van der Waals surface area contributed by atoms with Gasteiger partial charge in [0.25, 0.3) is 0 Å². The van der Waals surface area contributed by atoms with Gasteiger partial charge in [-0.3, -0.25) is 9.59 Å². The molecule has 3 heteroatoms. The fourth-order valence-electron chi connectivity index (χ4n) is 1.05. The molecule has 0 amide bonds. The maximum Gasteiger partial charge on any atom is 0.229 e. The van der Waals surface area contributed by atoms with Crippen molar-refractivity contribution in [1.82, 2.24) is 0 Å². The minimum Gasteiger partial charge on any atom is -0.496 e. The van der Waals surface area contributed by atoms with Gasteiger partial charge in [0.15, 0.2) is 0 Å². The highest BCUT2D eigenvalue weighted by atomic mass is 16.5. The molecule has 1 aliphatic carbocycles. The molecule has 0 aromatic carbocycles. The molecule has 0 aromatic heterocycles. The predicted molar refractivity (Wildman–Crippen MR) is 43.5 cm³/mol. The lowest BCUT2D eigenvalue weighted by molar-refractivity contribution is -0.131. The third kappa shape index (κ3) is 1.44. The molecule has 0 bridgehead atoms. The molecule has 0 N–H and O–H groups in total. The zero-order chi connectivity index (χ0) is 9.14. The first-order chi connectivity index (χ1) is 5.69. The van der Waals surface area contributed by atoms with Crippen molar-refractivity contribution in [3.8, 4) is 0 Å². The normalized spacial score (nSPS) is 17.2. The number of methoxy groups -OCH3 is 1. The molecule has 0 unspecified atom stereocenters. The Labute approximate surface area is 70.7 Å². The summed E-state index contributed by atoms with van der Waals surface area (Å²) in [5, 5.41) is 0. The second-order valence-electron chi connectivity index (χ2n) is 2.46. The van der Waals surface area contributed by atoms with E-state index in [1.807, 2.05) is 6.92 Å². The van der Waals surface area contributed by atoms with Gasteiger partial charge in [-0.05, 0) is 18.1 Å². The van der Waals surface area contributed by atoms with E-state index in [1.54, 1.807) is 0 Å². The van der Waals surface area contributed by atoms with Gasteiger partial charge in [-0.15, -0.1) is 0 Å². The van der Waals surface area contributed by atoms with Gasteiger partial charge in [0.1, 0.15) is 5.76 Å². The van der Waals surface area contributed by atoms with Gasteiger partial charge in [0, 0.05) is 6.08 Å². The zero-order valence-electron chi connectivity index (χ0n) is 7.09. The highest BCUT2D eigenvalue weighted by Crippen LogP contribution is 2.18. The molecular weight excluding hydrogens is 156 g/mol. The fraction of sp³-hybridized carbons (Fsp3) is 0.333. The third-order valence-corrected chi connectivity index (χ3v) is 1.73. The first-order valence-corrected chi connectivity index (χ1v) is 3.74. The highest BCUT2D eigenvalue weighted by Gasteiger charge is 2.18. The average Bonchev–Trinajstić information content (AvgIpc) is 2.09. The van der Waals surface area contributed by atoms with Crippen LogP contribution in [0.2, 0.25) is 0 Å². The summed E-state index contributed by atoms with van der Waals surface area (Å²) in [7, 11) is 1.48. The average molecular weight is 166 g/mol. The topological polar surface area (TPSA) is 43.4 Å². The van der Waals surface area contributed by atoms with Gasteiger partial charge in [0.05, 0.1) is 7.11 Å². The van der Waals surface area contributed by atoms with Crippen LogP contribution in [0.25, 0.3) is 0 Å².